The van der Waals surface area contributed by atoms with E-state index in [1.807, 2.05) is 24.3 Å². The Morgan fingerprint density at radius 1 is 0.966 bits per heavy atom. The molecule has 1 N–H and O–H groups in total. The van der Waals surface area contributed by atoms with Crippen LogP contribution in [0.5, 0.6) is 0 Å². The summed E-state index contributed by atoms with van der Waals surface area (Å²) in [6.07, 6.45) is 5.81. The van der Waals surface area contributed by atoms with Crippen LogP contribution in [-0.2, 0) is 14.3 Å². The van der Waals surface area contributed by atoms with Crippen LogP contribution in [0.1, 0.15) is 38.5 Å². The fraction of sp³-hybridized carbons (Fsp3) is 0.391. The minimum Gasteiger partial charge on any atom is -0.456 e. The molecule has 2 aliphatic rings. The van der Waals surface area contributed by atoms with E-state index in [1.165, 1.54) is 16.2 Å². The van der Waals surface area contributed by atoms with E-state index >= 15 is 0 Å². The number of hydrogen-bond donors (Lipinski definition) is 1. The number of fused-ring (bicyclic) bond motifs is 2. The molecule has 0 saturated heterocycles. The van der Waals surface area contributed by atoms with Crippen molar-refractivity contribution in [3.63, 3.8) is 0 Å². The van der Waals surface area contributed by atoms with Crippen molar-refractivity contribution >= 4 is 35.0 Å². The molecule has 0 spiro atoms. The number of amides is 1. The summed E-state index contributed by atoms with van der Waals surface area (Å²) < 4.78 is 5.23. The van der Waals surface area contributed by atoms with Crippen LogP contribution in [0.3, 0.4) is 0 Å². The van der Waals surface area contributed by atoms with Crippen molar-refractivity contribution in [1.29, 1.82) is 0 Å². The van der Waals surface area contributed by atoms with Crippen LogP contribution in [0.2, 0.25) is 0 Å². The standard InChI is InChI=1S/C23H26N2O3S/c26-22(24-17-8-2-1-3-9-17)16-28-23(27)14-15-25-18-10-4-6-12-20(18)29-21-13-7-5-11-19(21)25/h4-7,10-13,17H,1-3,8-9,14-16H2,(H,24,26). The van der Waals surface area contributed by atoms with Gasteiger partial charge in [0.05, 0.1) is 17.8 Å². The van der Waals surface area contributed by atoms with Crippen LogP contribution in [0.4, 0.5) is 11.4 Å². The maximum atomic E-state index is 12.3. The first-order valence-electron chi connectivity index (χ1n) is 10.3. The molecule has 2 aromatic carbocycles. The highest BCUT2D eigenvalue weighted by atomic mass is 32.2. The molecule has 1 saturated carbocycles. The van der Waals surface area contributed by atoms with Crippen molar-refractivity contribution in [3.8, 4) is 0 Å². The Morgan fingerprint density at radius 3 is 2.24 bits per heavy atom. The van der Waals surface area contributed by atoms with Crippen molar-refractivity contribution in [3.05, 3.63) is 48.5 Å². The highest BCUT2D eigenvalue weighted by molar-refractivity contribution is 7.99. The van der Waals surface area contributed by atoms with Gasteiger partial charge in [0.1, 0.15) is 0 Å². The summed E-state index contributed by atoms with van der Waals surface area (Å²) >= 11 is 1.74. The molecule has 1 aliphatic heterocycles. The van der Waals surface area contributed by atoms with Gasteiger partial charge in [0.2, 0.25) is 0 Å². The zero-order valence-electron chi connectivity index (χ0n) is 16.4. The monoisotopic (exact) mass is 410 g/mol. The summed E-state index contributed by atoms with van der Waals surface area (Å²) in [6, 6.07) is 16.6. The van der Waals surface area contributed by atoms with Gasteiger partial charge in [0.15, 0.2) is 6.61 Å². The van der Waals surface area contributed by atoms with Crippen molar-refractivity contribution in [2.75, 3.05) is 18.1 Å². The molecule has 0 bridgehead atoms. The van der Waals surface area contributed by atoms with Crippen LogP contribution in [-0.4, -0.2) is 31.1 Å². The molecule has 0 atom stereocenters. The van der Waals surface area contributed by atoms with Gasteiger partial charge < -0.3 is 15.0 Å². The van der Waals surface area contributed by atoms with E-state index in [0.29, 0.717) is 6.54 Å². The van der Waals surface area contributed by atoms with Crippen LogP contribution >= 0.6 is 11.8 Å². The number of ether oxygens (including phenoxy) is 1. The Morgan fingerprint density at radius 2 is 1.59 bits per heavy atom. The molecule has 0 aromatic heterocycles. The predicted octanol–water partition coefficient (Wildman–Crippen LogP) is 4.67. The normalized spacial score (nSPS) is 15.9. The van der Waals surface area contributed by atoms with Gasteiger partial charge in [0.25, 0.3) is 5.91 Å². The van der Waals surface area contributed by atoms with Gasteiger partial charge >= 0.3 is 5.97 Å². The number of carbonyl (C=O) groups is 2. The number of hydrogen-bond acceptors (Lipinski definition) is 5. The number of carbonyl (C=O) groups excluding carboxylic acids is 2. The molecular weight excluding hydrogens is 384 g/mol. The van der Waals surface area contributed by atoms with Crippen molar-refractivity contribution in [1.82, 2.24) is 5.32 Å². The second kappa shape index (κ2) is 9.35. The Hall–Kier alpha value is -2.47. The van der Waals surface area contributed by atoms with Gasteiger partial charge in [-0.05, 0) is 37.1 Å². The second-order valence-electron chi connectivity index (χ2n) is 7.50. The molecule has 4 rings (SSSR count). The van der Waals surface area contributed by atoms with E-state index in [-0.39, 0.29) is 30.9 Å². The Kier molecular flexibility index (Phi) is 6.39. The average molecular weight is 411 g/mol. The molecule has 1 heterocycles. The first kappa shape index (κ1) is 19.8. The van der Waals surface area contributed by atoms with Gasteiger partial charge in [0, 0.05) is 22.4 Å². The molecule has 2 aromatic rings. The van der Waals surface area contributed by atoms with Crippen molar-refractivity contribution in [2.45, 2.75) is 54.4 Å². The molecule has 5 nitrogen and oxygen atoms in total. The largest absolute Gasteiger partial charge is 0.456 e. The molecule has 0 unspecified atom stereocenters. The first-order chi connectivity index (χ1) is 14.2. The Bertz CT molecular complexity index is 834. The lowest BCUT2D eigenvalue weighted by Gasteiger charge is -2.32. The Labute approximate surface area is 175 Å². The number of benzene rings is 2. The van der Waals surface area contributed by atoms with E-state index in [0.717, 1.165) is 37.1 Å². The predicted molar refractivity (Wildman–Crippen MR) is 115 cm³/mol. The maximum Gasteiger partial charge on any atom is 0.308 e. The Balaban J connectivity index is 1.32. The smallest absolute Gasteiger partial charge is 0.308 e. The summed E-state index contributed by atoms with van der Waals surface area (Å²) in [6.45, 7) is 0.315. The van der Waals surface area contributed by atoms with Crippen molar-refractivity contribution in [2.24, 2.45) is 0 Å². The maximum absolute atomic E-state index is 12.3. The lowest BCUT2D eigenvalue weighted by Crippen LogP contribution is -2.38. The van der Waals surface area contributed by atoms with E-state index in [1.54, 1.807) is 11.8 Å². The average Bonchev–Trinajstić information content (AvgIpc) is 2.76. The molecule has 1 aliphatic carbocycles. The van der Waals surface area contributed by atoms with Crippen LogP contribution in [0, 0.1) is 0 Å². The minimum atomic E-state index is -0.350. The van der Waals surface area contributed by atoms with Gasteiger partial charge in [-0.1, -0.05) is 55.3 Å². The second-order valence-corrected chi connectivity index (χ2v) is 8.59. The summed E-state index contributed by atoms with van der Waals surface area (Å²) in [7, 11) is 0. The van der Waals surface area contributed by atoms with Crippen LogP contribution in [0.25, 0.3) is 0 Å². The summed E-state index contributed by atoms with van der Waals surface area (Å²) in [5.74, 6) is -0.549. The summed E-state index contributed by atoms with van der Waals surface area (Å²) in [5, 5.41) is 2.98. The molecule has 6 heteroatoms. The van der Waals surface area contributed by atoms with Gasteiger partial charge in [-0.3, -0.25) is 9.59 Å². The van der Waals surface area contributed by atoms with E-state index in [4.69, 9.17) is 4.74 Å². The first-order valence-corrected chi connectivity index (χ1v) is 11.1. The molecular formula is C23H26N2O3S. The van der Waals surface area contributed by atoms with E-state index in [9.17, 15) is 9.59 Å². The van der Waals surface area contributed by atoms with E-state index < -0.39 is 0 Å². The molecule has 0 radical (unpaired) electrons. The summed E-state index contributed by atoms with van der Waals surface area (Å²) in [5.41, 5.74) is 2.19. The third kappa shape index (κ3) is 4.93. The summed E-state index contributed by atoms with van der Waals surface area (Å²) in [4.78, 5) is 28.8. The number of rotatable bonds is 6. The van der Waals surface area contributed by atoms with Crippen LogP contribution < -0.4 is 10.2 Å². The van der Waals surface area contributed by atoms with E-state index in [2.05, 4.69) is 34.5 Å². The quantitative estimate of drug-likeness (QED) is 0.701. The zero-order chi connectivity index (χ0) is 20.1. The third-order valence-electron chi connectivity index (χ3n) is 5.41. The number of anilines is 2. The number of para-hydroxylation sites is 2. The van der Waals surface area contributed by atoms with Gasteiger partial charge in [-0.2, -0.15) is 0 Å². The highest BCUT2D eigenvalue weighted by Crippen LogP contribution is 2.47. The van der Waals surface area contributed by atoms with Gasteiger partial charge in [-0.15, -0.1) is 0 Å². The number of nitrogens with zero attached hydrogens (tertiary/aromatic N) is 1. The minimum absolute atomic E-state index is 0.196. The topological polar surface area (TPSA) is 58.6 Å². The SMILES string of the molecule is O=C(COC(=O)CCN1c2ccccc2Sc2ccccc21)NC1CCCCC1. The fourth-order valence-electron chi connectivity index (χ4n) is 3.96. The van der Waals surface area contributed by atoms with Crippen molar-refractivity contribution < 1.29 is 14.3 Å². The molecule has 152 valence electrons. The zero-order valence-corrected chi connectivity index (χ0v) is 17.2. The van der Waals surface area contributed by atoms with Crippen LogP contribution in [0.15, 0.2) is 58.3 Å². The highest BCUT2D eigenvalue weighted by Gasteiger charge is 2.23. The third-order valence-corrected chi connectivity index (χ3v) is 6.54. The lowest BCUT2D eigenvalue weighted by atomic mass is 9.95. The number of esters is 1. The number of nitrogens with one attached hydrogen (secondary N) is 1. The van der Waals surface area contributed by atoms with Gasteiger partial charge in [-0.25, -0.2) is 0 Å². The fourth-order valence-corrected chi connectivity index (χ4v) is 5.06. The lowest BCUT2D eigenvalue weighted by molar-refractivity contribution is -0.148. The molecule has 29 heavy (non-hydrogen) atoms. The molecule has 1 amide bonds. The molecule has 1 fully saturated rings.